The maximum absolute atomic E-state index is 13.7. The first kappa shape index (κ1) is 17.7. The minimum Gasteiger partial charge on any atom is -0.485 e. The van der Waals surface area contributed by atoms with E-state index in [0.717, 1.165) is 22.3 Å². The van der Waals surface area contributed by atoms with Crippen molar-refractivity contribution in [3.63, 3.8) is 0 Å². The summed E-state index contributed by atoms with van der Waals surface area (Å²) in [5, 5.41) is 13.4. The number of aliphatic hydroxyl groups excluding tert-OH is 1. The molecular formula is C21H22FN3O2. The fourth-order valence-electron chi connectivity index (χ4n) is 3.25. The number of aliphatic hydroxyl groups is 1. The Hall–Kier alpha value is -2.73. The monoisotopic (exact) mass is 367 g/mol. The number of ether oxygens (including phenoxy) is 1. The Morgan fingerprint density at radius 3 is 2.89 bits per heavy atom. The molecule has 3 aromatic rings. The Labute approximate surface area is 157 Å². The van der Waals surface area contributed by atoms with Crippen LogP contribution in [0.3, 0.4) is 0 Å². The van der Waals surface area contributed by atoms with Gasteiger partial charge in [0.2, 0.25) is 0 Å². The van der Waals surface area contributed by atoms with Crippen LogP contribution >= 0.6 is 0 Å². The fraction of sp³-hybridized carbons (Fsp3) is 0.333. The standard InChI is InChI=1S/C21H22FN3O2/c1-21(2)19(26)10-14-9-17-16(11-18(14)27-21)24-12-20(25-17)23-8-7-13-5-3-4-6-15(13)22/h3-6,9,11-12,19,26H,7-8,10H2,1-2H3,(H,23,25). The van der Waals surface area contributed by atoms with E-state index >= 15 is 0 Å². The lowest BCUT2D eigenvalue weighted by molar-refractivity contribution is -0.0410. The van der Waals surface area contributed by atoms with Gasteiger partial charge in [-0.25, -0.2) is 9.37 Å². The Morgan fingerprint density at radius 1 is 1.26 bits per heavy atom. The SMILES string of the molecule is CC1(C)Oc2cc3ncc(NCCc4ccccc4F)nc3cc2CC1O. The van der Waals surface area contributed by atoms with Crippen LogP contribution in [-0.4, -0.2) is 33.3 Å². The minimum absolute atomic E-state index is 0.197. The highest BCUT2D eigenvalue weighted by Gasteiger charge is 2.35. The van der Waals surface area contributed by atoms with Crippen LogP contribution in [0, 0.1) is 5.82 Å². The van der Waals surface area contributed by atoms with Gasteiger partial charge in [-0.15, -0.1) is 0 Å². The van der Waals surface area contributed by atoms with Crippen LogP contribution in [0.1, 0.15) is 25.0 Å². The van der Waals surface area contributed by atoms with Gasteiger partial charge in [0.1, 0.15) is 23.0 Å². The topological polar surface area (TPSA) is 67.3 Å². The number of fused-ring (bicyclic) bond motifs is 2. The second-order valence-electron chi connectivity index (χ2n) is 7.40. The third-order valence-electron chi connectivity index (χ3n) is 4.97. The lowest BCUT2D eigenvalue weighted by atomic mass is 9.91. The molecule has 4 rings (SSSR count). The molecule has 1 aliphatic rings. The number of benzene rings is 2. The van der Waals surface area contributed by atoms with Crippen LogP contribution in [-0.2, 0) is 12.8 Å². The summed E-state index contributed by atoms with van der Waals surface area (Å²) in [7, 11) is 0. The molecule has 0 radical (unpaired) electrons. The van der Waals surface area contributed by atoms with Gasteiger partial charge in [0, 0.05) is 19.0 Å². The number of hydrogen-bond acceptors (Lipinski definition) is 5. The van der Waals surface area contributed by atoms with E-state index in [1.807, 2.05) is 32.0 Å². The summed E-state index contributed by atoms with van der Waals surface area (Å²) >= 11 is 0. The number of anilines is 1. The molecule has 1 aliphatic heterocycles. The van der Waals surface area contributed by atoms with E-state index in [-0.39, 0.29) is 5.82 Å². The first-order chi connectivity index (χ1) is 12.9. The molecule has 6 heteroatoms. The molecule has 0 amide bonds. The molecule has 0 fully saturated rings. The Morgan fingerprint density at radius 2 is 2.07 bits per heavy atom. The van der Waals surface area contributed by atoms with Crippen molar-refractivity contribution in [2.45, 2.75) is 38.4 Å². The number of hydrogen-bond donors (Lipinski definition) is 2. The van der Waals surface area contributed by atoms with Gasteiger partial charge in [-0.1, -0.05) is 18.2 Å². The van der Waals surface area contributed by atoms with Crippen molar-refractivity contribution >= 4 is 16.9 Å². The van der Waals surface area contributed by atoms with Crippen molar-refractivity contribution in [3.05, 3.63) is 59.5 Å². The van der Waals surface area contributed by atoms with Crippen LogP contribution in [0.15, 0.2) is 42.6 Å². The largest absolute Gasteiger partial charge is 0.485 e. The molecule has 0 saturated carbocycles. The highest BCUT2D eigenvalue weighted by atomic mass is 19.1. The van der Waals surface area contributed by atoms with E-state index in [4.69, 9.17) is 4.74 Å². The lowest BCUT2D eigenvalue weighted by Crippen LogP contribution is -2.46. The van der Waals surface area contributed by atoms with E-state index in [9.17, 15) is 9.50 Å². The summed E-state index contributed by atoms with van der Waals surface area (Å²) in [5.41, 5.74) is 2.44. The van der Waals surface area contributed by atoms with Crippen LogP contribution < -0.4 is 10.1 Å². The van der Waals surface area contributed by atoms with Crippen LogP contribution in [0.5, 0.6) is 5.75 Å². The zero-order valence-electron chi connectivity index (χ0n) is 15.4. The second kappa shape index (κ2) is 6.78. The van der Waals surface area contributed by atoms with Crippen LogP contribution in [0.4, 0.5) is 10.2 Å². The Kier molecular flexibility index (Phi) is 4.44. The molecule has 1 aromatic heterocycles. The van der Waals surface area contributed by atoms with Crippen molar-refractivity contribution in [1.29, 1.82) is 0 Å². The fourth-order valence-corrected chi connectivity index (χ4v) is 3.25. The third kappa shape index (κ3) is 3.57. The highest BCUT2D eigenvalue weighted by molar-refractivity contribution is 5.79. The molecule has 0 aliphatic carbocycles. The van der Waals surface area contributed by atoms with E-state index < -0.39 is 11.7 Å². The predicted octanol–water partition coefficient (Wildman–Crippen LogP) is 3.50. The molecule has 2 heterocycles. The van der Waals surface area contributed by atoms with Gasteiger partial charge < -0.3 is 15.2 Å². The first-order valence-electron chi connectivity index (χ1n) is 9.06. The zero-order chi connectivity index (χ0) is 19.0. The maximum atomic E-state index is 13.7. The number of aromatic nitrogens is 2. The van der Waals surface area contributed by atoms with E-state index in [2.05, 4.69) is 15.3 Å². The molecule has 2 N–H and O–H groups in total. The summed E-state index contributed by atoms with van der Waals surface area (Å²) in [6.07, 6.45) is 2.17. The second-order valence-corrected chi connectivity index (χ2v) is 7.40. The van der Waals surface area contributed by atoms with E-state index in [1.54, 1.807) is 18.3 Å². The summed E-state index contributed by atoms with van der Waals surface area (Å²) in [6, 6.07) is 10.5. The summed E-state index contributed by atoms with van der Waals surface area (Å²) in [4.78, 5) is 9.05. The molecule has 1 unspecified atom stereocenters. The van der Waals surface area contributed by atoms with Crippen molar-refractivity contribution in [2.24, 2.45) is 0 Å². The summed E-state index contributed by atoms with van der Waals surface area (Å²) < 4.78 is 19.6. The summed E-state index contributed by atoms with van der Waals surface area (Å²) in [6.45, 7) is 4.31. The molecule has 140 valence electrons. The molecule has 0 spiro atoms. The van der Waals surface area contributed by atoms with E-state index in [1.165, 1.54) is 6.07 Å². The van der Waals surface area contributed by atoms with Crippen LogP contribution in [0.2, 0.25) is 0 Å². The normalized spacial score (nSPS) is 18.0. The van der Waals surface area contributed by atoms with Gasteiger partial charge in [0.15, 0.2) is 0 Å². The van der Waals surface area contributed by atoms with Gasteiger partial charge in [-0.2, -0.15) is 0 Å². The molecule has 1 atom stereocenters. The third-order valence-corrected chi connectivity index (χ3v) is 4.97. The van der Waals surface area contributed by atoms with Gasteiger partial charge in [-0.05, 0) is 43.5 Å². The smallest absolute Gasteiger partial charge is 0.145 e. The quantitative estimate of drug-likeness (QED) is 0.739. The average molecular weight is 367 g/mol. The maximum Gasteiger partial charge on any atom is 0.145 e. The van der Waals surface area contributed by atoms with Crippen molar-refractivity contribution in [3.8, 4) is 5.75 Å². The molecular weight excluding hydrogens is 345 g/mol. The van der Waals surface area contributed by atoms with E-state index in [0.29, 0.717) is 30.8 Å². The molecule has 5 nitrogen and oxygen atoms in total. The Bertz CT molecular complexity index is 990. The average Bonchev–Trinajstić information content (AvgIpc) is 2.63. The zero-order valence-corrected chi connectivity index (χ0v) is 15.4. The molecule has 2 aromatic carbocycles. The van der Waals surface area contributed by atoms with Crippen molar-refractivity contribution < 1.29 is 14.2 Å². The summed E-state index contributed by atoms with van der Waals surface area (Å²) in [5.74, 6) is 1.18. The molecule has 0 bridgehead atoms. The predicted molar refractivity (Wildman–Crippen MR) is 103 cm³/mol. The number of rotatable bonds is 4. The molecule has 27 heavy (non-hydrogen) atoms. The lowest BCUT2D eigenvalue weighted by Gasteiger charge is -2.37. The van der Waals surface area contributed by atoms with Crippen molar-refractivity contribution in [2.75, 3.05) is 11.9 Å². The van der Waals surface area contributed by atoms with Crippen molar-refractivity contribution in [1.82, 2.24) is 9.97 Å². The van der Waals surface area contributed by atoms with Crippen LogP contribution in [0.25, 0.3) is 11.0 Å². The number of nitrogens with one attached hydrogen (secondary N) is 1. The Balaban J connectivity index is 1.52. The minimum atomic E-state index is -0.623. The van der Waals surface area contributed by atoms with Gasteiger partial charge in [-0.3, -0.25) is 4.98 Å². The number of halogens is 1. The van der Waals surface area contributed by atoms with Gasteiger partial charge in [0.05, 0.1) is 23.3 Å². The highest BCUT2D eigenvalue weighted by Crippen LogP contribution is 2.35. The van der Waals surface area contributed by atoms with Gasteiger partial charge in [0.25, 0.3) is 0 Å². The molecule has 0 saturated heterocycles. The van der Waals surface area contributed by atoms with Gasteiger partial charge >= 0.3 is 0 Å². The number of nitrogens with zero attached hydrogens (tertiary/aromatic N) is 2. The first-order valence-corrected chi connectivity index (χ1v) is 9.06.